The molecule has 7 heteroatoms. The highest BCUT2D eigenvalue weighted by Gasteiger charge is 2.27. The van der Waals surface area contributed by atoms with Crippen LogP contribution in [0.2, 0.25) is 0 Å². The lowest BCUT2D eigenvalue weighted by Gasteiger charge is -2.27. The van der Waals surface area contributed by atoms with Crippen LogP contribution in [0.4, 0.5) is 4.79 Å². The maximum absolute atomic E-state index is 11.4. The van der Waals surface area contributed by atoms with E-state index in [4.69, 9.17) is 14.9 Å². The Hall–Kier alpha value is -1.34. The number of hydrogen-bond acceptors (Lipinski definition) is 4. The topological polar surface area (TPSA) is 108 Å². The molecule has 4 N–H and O–H groups in total. The highest BCUT2D eigenvalue weighted by atomic mass is 16.5. The molecule has 1 fully saturated rings. The van der Waals surface area contributed by atoms with Crippen molar-refractivity contribution in [1.29, 1.82) is 0 Å². The van der Waals surface area contributed by atoms with Crippen LogP contribution in [0.5, 0.6) is 0 Å². The van der Waals surface area contributed by atoms with Gasteiger partial charge < -0.3 is 25.6 Å². The normalized spacial score (nSPS) is 24.8. The summed E-state index contributed by atoms with van der Waals surface area (Å²) in [4.78, 5) is 21.8. The number of hydrogen-bond donors (Lipinski definition) is 4. The summed E-state index contributed by atoms with van der Waals surface area (Å²) in [6, 6.07) is -0.251. The van der Waals surface area contributed by atoms with E-state index in [9.17, 15) is 9.59 Å². The van der Waals surface area contributed by atoms with Gasteiger partial charge in [-0.1, -0.05) is 0 Å². The molecule has 0 aliphatic carbocycles. The van der Waals surface area contributed by atoms with Crippen molar-refractivity contribution in [3.8, 4) is 0 Å². The van der Waals surface area contributed by atoms with E-state index in [1.807, 2.05) is 0 Å². The van der Waals surface area contributed by atoms with Gasteiger partial charge in [0.15, 0.2) is 0 Å². The quantitative estimate of drug-likeness (QED) is 0.492. The molecule has 1 aliphatic heterocycles. The number of aliphatic hydroxyl groups is 1. The van der Waals surface area contributed by atoms with Crippen LogP contribution < -0.4 is 10.6 Å². The zero-order chi connectivity index (χ0) is 12.0. The minimum absolute atomic E-state index is 0.109. The Kier molecular flexibility index (Phi) is 5.00. The number of carboxylic acid groups (broad SMARTS) is 1. The minimum atomic E-state index is -1.09. The molecule has 1 aliphatic rings. The molecule has 16 heavy (non-hydrogen) atoms. The Morgan fingerprint density at radius 2 is 2.12 bits per heavy atom. The number of carbonyl (C=O) groups is 2. The van der Waals surface area contributed by atoms with Gasteiger partial charge in [-0.2, -0.15) is 0 Å². The molecule has 92 valence electrons. The fourth-order valence-electron chi connectivity index (χ4n) is 1.54. The van der Waals surface area contributed by atoms with Gasteiger partial charge in [0.05, 0.1) is 19.3 Å². The van der Waals surface area contributed by atoms with Crippen LogP contribution in [0.15, 0.2) is 0 Å². The van der Waals surface area contributed by atoms with Crippen LogP contribution in [0.25, 0.3) is 0 Å². The van der Waals surface area contributed by atoms with Crippen LogP contribution in [0.3, 0.4) is 0 Å². The molecular weight excluding hydrogens is 216 g/mol. The summed E-state index contributed by atoms with van der Waals surface area (Å²) in [5.41, 5.74) is 0. The van der Waals surface area contributed by atoms with Gasteiger partial charge in [0, 0.05) is 6.54 Å². The summed E-state index contributed by atoms with van der Waals surface area (Å²) < 4.78 is 5.23. The van der Waals surface area contributed by atoms with E-state index < -0.39 is 12.2 Å². The molecule has 1 heterocycles. The third kappa shape index (κ3) is 4.03. The van der Waals surface area contributed by atoms with E-state index in [0.29, 0.717) is 12.8 Å². The van der Waals surface area contributed by atoms with Gasteiger partial charge in [-0.05, 0) is 12.8 Å². The molecule has 1 rings (SSSR count). The Balaban J connectivity index is 2.25. The number of aliphatic hydroxyl groups excluding tert-OH is 1. The molecule has 0 aromatic heterocycles. The van der Waals surface area contributed by atoms with E-state index in [-0.39, 0.29) is 31.7 Å². The molecule has 0 bridgehead atoms. The fourth-order valence-corrected chi connectivity index (χ4v) is 1.54. The molecule has 0 unspecified atom stereocenters. The highest BCUT2D eigenvalue weighted by molar-refractivity contribution is 5.80. The summed E-state index contributed by atoms with van der Waals surface area (Å²) >= 11 is 0. The second kappa shape index (κ2) is 6.29. The number of amides is 2. The van der Waals surface area contributed by atoms with E-state index in [1.54, 1.807) is 0 Å². The molecule has 1 saturated heterocycles. The molecule has 0 saturated carbocycles. The summed E-state index contributed by atoms with van der Waals surface area (Å²) in [6.45, 7) is 0.292. The third-order valence-electron chi connectivity index (χ3n) is 2.31. The van der Waals surface area contributed by atoms with E-state index in [2.05, 4.69) is 10.6 Å². The summed E-state index contributed by atoms with van der Waals surface area (Å²) in [5, 5.41) is 21.8. The number of ether oxygens (including phenoxy) is 1. The van der Waals surface area contributed by atoms with Crippen molar-refractivity contribution in [2.45, 2.75) is 25.0 Å². The molecule has 0 aromatic rings. The van der Waals surface area contributed by atoms with Crippen molar-refractivity contribution in [3.05, 3.63) is 0 Å². The van der Waals surface area contributed by atoms with Gasteiger partial charge in [0.25, 0.3) is 0 Å². The molecule has 0 aromatic carbocycles. The van der Waals surface area contributed by atoms with Crippen molar-refractivity contribution in [1.82, 2.24) is 10.6 Å². The monoisotopic (exact) mass is 232 g/mol. The molecule has 0 radical (unpaired) electrons. The first kappa shape index (κ1) is 12.7. The van der Waals surface area contributed by atoms with Crippen LogP contribution in [-0.4, -0.2) is 54.1 Å². The first-order valence-corrected chi connectivity index (χ1v) is 5.13. The van der Waals surface area contributed by atoms with Crippen LogP contribution >= 0.6 is 0 Å². The maximum Gasteiger partial charge on any atom is 0.404 e. The number of nitrogens with one attached hydrogen (secondary N) is 2. The Morgan fingerprint density at radius 3 is 2.62 bits per heavy atom. The average Bonchev–Trinajstić information content (AvgIpc) is 2.26. The maximum atomic E-state index is 11.4. The predicted molar refractivity (Wildman–Crippen MR) is 54.0 cm³/mol. The van der Waals surface area contributed by atoms with Crippen molar-refractivity contribution >= 4 is 12.0 Å². The molecule has 2 amide bonds. The lowest BCUT2D eigenvalue weighted by atomic mass is 10.0. The molecule has 0 spiro atoms. The standard InChI is InChI=1S/C9H16N2O5/c12-4-3-10-8(13)7-2-1-6(5-16-7)11-9(14)15/h6-7,11-12H,1-5H2,(H,10,13)(H,14,15)/t6-,7+/m1/s1. The zero-order valence-corrected chi connectivity index (χ0v) is 8.81. The average molecular weight is 232 g/mol. The zero-order valence-electron chi connectivity index (χ0n) is 8.81. The van der Waals surface area contributed by atoms with E-state index in [1.165, 1.54) is 0 Å². The molecular formula is C9H16N2O5. The predicted octanol–water partition coefficient (Wildman–Crippen LogP) is -1.09. The van der Waals surface area contributed by atoms with Crippen molar-refractivity contribution in [2.24, 2.45) is 0 Å². The summed E-state index contributed by atoms with van der Waals surface area (Å²) in [5.74, 6) is -0.261. The Labute approximate surface area is 92.8 Å². The highest BCUT2D eigenvalue weighted by Crippen LogP contribution is 2.13. The number of carbonyl (C=O) groups excluding carboxylic acids is 1. The Morgan fingerprint density at radius 1 is 1.38 bits per heavy atom. The lowest BCUT2D eigenvalue weighted by Crippen LogP contribution is -2.47. The van der Waals surface area contributed by atoms with Crippen molar-refractivity contribution in [2.75, 3.05) is 19.8 Å². The van der Waals surface area contributed by atoms with Gasteiger partial charge in [-0.3, -0.25) is 4.79 Å². The second-order valence-electron chi connectivity index (χ2n) is 3.56. The third-order valence-corrected chi connectivity index (χ3v) is 2.31. The van der Waals surface area contributed by atoms with Crippen molar-refractivity contribution < 1.29 is 24.5 Å². The lowest BCUT2D eigenvalue weighted by molar-refractivity contribution is -0.136. The van der Waals surface area contributed by atoms with Gasteiger partial charge in [-0.15, -0.1) is 0 Å². The van der Waals surface area contributed by atoms with Crippen LogP contribution in [0, 0.1) is 0 Å². The van der Waals surface area contributed by atoms with Gasteiger partial charge in [-0.25, -0.2) is 4.79 Å². The summed E-state index contributed by atoms with van der Waals surface area (Å²) in [7, 11) is 0. The largest absolute Gasteiger partial charge is 0.465 e. The molecule has 7 nitrogen and oxygen atoms in total. The van der Waals surface area contributed by atoms with Crippen molar-refractivity contribution in [3.63, 3.8) is 0 Å². The van der Waals surface area contributed by atoms with E-state index >= 15 is 0 Å². The SMILES string of the molecule is O=C(O)N[C@@H]1CC[C@@H](C(=O)NCCO)OC1. The smallest absolute Gasteiger partial charge is 0.404 e. The van der Waals surface area contributed by atoms with Crippen LogP contribution in [0.1, 0.15) is 12.8 Å². The first-order valence-electron chi connectivity index (χ1n) is 5.13. The fraction of sp³-hybridized carbons (Fsp3) is 0.778. The minimum Gasteiger partial charge on any atom is -0.465 e. The summed E-state index contributed by atoms with van der Waals surface area (Å²) in [6.07, 6.45) is -0.582. The Bertz CT molecular complexity index is 250. The van der Waals surface area contributed by atoms with Gasteiger partial charge >= 0.3 is 6.09 Å². The first-order chi connectivity index (χ1) is 7.63. The van der Waals surface area contributed by atoms with E-state index in [0.717, 1.165) is 0 Å². The molecule has 2 atom stereocenters. The van der Waals surface area contributed by atoms with Crippen LogP contribution in [-0.2, 0) is 9.53 Å². The second-order valence-corrected chi connectivity index (χ2v) is 3.56. The number of rotatable bonds is 4. The van der Waals surface area contributed by atoms with Gasteiger partial charge in [0.2, 0.25) is 5.91 Å². The van der Waals surface area contributed by atoms with Gasteiger partial charge in [0.1, 0.15) is 6.10 Å².